The van der Waals surface area contributed by atoms with Gasteiger partial charge in [-0.1, -0.05) is 32.1 Å². The summed E-state index contributed by atoms with van der Waals surface area (Å²) in [5, 5.41) is 0. The first-order chi connectivity index (χ1) is 8.24. The van der Waals surface area contributed by atoms with E-state index in [1.54, 1.807) is 21.3 Å². The Morgan fingerprint density at radius 3 is 1.53 bits per heavy atom. The van der Waals surface area contributed by atoms with Crippen LogP contribution in [0.3, 0.4) is 0 Å². The molecule has 0 saturated heterocycles. The lowest BCUT2D eigenvalue weighted by Gasteiger charge is -2.24. The fraction of sp³-hybridized carbons (Fsp3) is 1.00. The zero-order valence-electron chi connectivity index (χ0n) is 11.5. The number of hydrogen-bond donors (Lipinski definition) is 1. The van der Waals surface area contributed by atoms with Crippen LogP contribution in [-0.2, 0) is 13.3 Å². The minimum atomic E-state index is -2.31. The van der Waals surface area contributed by atoms with Gasteiger partial charge in [-0.25, -0.2) is 0 Å². The molecule has 0 bridgehead atoms. The summed E-state index contributed by atoms with van der Waals surface area (Å²) in [6.45, 7) is 0. The molecule has 0 heterocycles. The standard InChI is InChI=1S/C12H28O3SSi/c1-13-17(14-2,15-3)12-10-8-6-4-5-7-9-11-16/h16H,4-12H2,1-3H3. The molecule has 104 valence electrons. The fourth-order valence-electron chi connectivity index (χ4n) is 1.89. The normalized spacial score (nSPS) is 12.0. The molecule has 0 N–H and O–H groups in total. The molecule has 0 radical (unpaired) electrons. The summed E-state index contributed by atoms with van der Waals surface area (Å²) in [6, 6.07) is 0.924. The number of unbranched alkanes of at least 4 members (excludes halogenated alkanes) is 6. The van der Waals surface area contributed by atoms with Crippen LogP contribution < -0.4 is 0 Å². The summed E-state index contributed by atoms with van der Waals surface area (Å²) in [7, 11) is 2.72. The molecule has 0 spiro atoms. The van der Waals surface area contributed by atoms with Crippen molar-refractivity contribution in [3.05, 3.63) is 0 Å². The van der Waals surface area contributed by atoms with Crippen molar-refractivity contribution in [2.24, 2.45) is 0 Å². The van der Waals surface area contributed by atoms with Crippen LogP contribution in [-0.4, -0.2) is 35.9 Å². The highest BCUT2D eigenvalue weighted by atomic mass is 32.1. The lowest BCUT2D eigenvalue weighted by molar-refractivity contribution is 0.122. The van der Waals surface area contributed by atoms with Crippen LogP contribution in [0.2, 0.25) is 6.04 Å². The molecule has 0 atom stereocenters. The molecule has 0 aliphatic carbocycles. The van der Waals surface area contributed by atoms with Gasteiger partial charge in [0.05, 0.1) is 0 Å². The topological polar surface area (TPSA) is 27.7 Å². The Labute approximate surface area is 113 Å². The van der Waals surface area contributed by atoms with Crippen molar-refractivity contribution in [3.8, 4) is 0 Å². The Hall–Kier alpha value is 0.447. The van der Waals surface area contributed by atoms with Crippen molar-refractivity contribution in [1.29, 1.82) is 0 Å². The monoisotopic (exact) mass is 280 g/mol. The summed E-state index contributed by atoms with van der Waals surface area (Å²) in [5.74, 6) is 1.02. The summed E-state index contributed by atoms with van der Waals surface area (Å²) in [4.78, 5) is 0. The van der Waals surface area contributed by atoms with E-state index in [-0.39, 0.29) is 0 Å². The zero-order chi connectivity index (χ0) is 13.0. The molecule has 0 aromatic rings. The van der Waals surface area contributed by atoms with Gasteiger partial charge in [-0.05, 0) is 18.6 Å². The maximum Gasteiger partial charge on any atom is 0.500 e. The van der Waals surface area contributed by atoms with E-state index >= 15 is 0 Å². The third-order valence-corrected chi connectivity index (χ3v) is 6.22. The third kappa shape index (κ3) is 8.21. The van der Waals surface area contributed by atoms with Gasteiger partial charge in [0.2, 0.25) is 0 Å². The van der Waals surface area contributed by atoms with E-state index < -0.39 is 8.80 Å². The summed E-state index contributed by atoms with van der Waals surface area (Å²) in [5.41, 5.74) is 0. The second-order valence-corrected chi connectivity index (χ2v) is 7.78. The van der Waals surface area contributed by atoms with Crippen molar-refractivity contribution in [2.45, 2.75) is 51.0 Å². The Kier molecular flexibility index (Phi) is 11.8. The highest BCUT2D eigenvalue weighted by Crippen LogP contribution is 2.18. The van der Waals surface area contributed by atoms with Gasteiger partial charge >= 0.3 is 8.80 Å². The largest absolute Gasteiger partial charge is 0.500 e. The predicted octanol–water partition coefficient (Wildman–Crippen LogP) is 3.53. The minimum Gasteiger partial charge on any atom is -0.377 e. The van der Waals surface area contributed by atoms with E-state index in [4.69, 9.17) is 13.3 Å². The highest BCUT2D eigenvalue weighted by molar-refractivity contribution is 7.80. The third-order valence-electron chi connectivity index (χ3n) is 3.07. The molecule has 3 nitrogen and oxygen atoms in total. The Bertz CT molecular complexity index is 158. The van der Waals surface area contributed by atoms with Gasteiger partial charge in [0.25, 0.3) is 0 Å². The van der Waals surface area contributed by atoms with Crippen LogP contribution in [0.4, 0.5) is 0 Å². The van der Waals surface area contributed by atoms with E-state index in [1.807, 2.05) is 0 Å². The van der Waals surface area contributed by atoms with Crippen molar-refractivity contribution >= 4 is 21.4 Å². The first-order valence-corrected chi connectivity index (χ1v) is 9.07. The molecular formula is C12H28O3SSi. The average molecular weight is 281 g/mol. The molecule has 0 aromatic heterocycles. The van der Waals surface area contributed by atoms with E-state index in [1.165, 1.54) is 38.5 Å². The number of thiol groups is 1. The van der Waals surface area contributed by atoms with E-state index in [0.29, 0.717) is 0 Å². The zero-order valence-corrected chi connectivity index (χ0v) is 13.4. The van der Waals surface area contributed by atoms with Crippen LogP contribution in [0.5, 0.6) is 0 Å². The number of hydrogen-bond acceptors (Lipinski definition) is 4. The highest BCUT2D eigenvalue weighted by Gasteiger charge is 2.36. The Morgan fingerprint density at radius 1 is 0.706 bits per heavy atom. The van der Waals surface area contributed by atoms with Crippen molar-refractivity contribution in [1.82, 2.24) is 0 Å². The summed E-state index contributed by atoms with van der Waals surface area (Å²) >= 11 is 4.21. The van der Waals surface area contributed by atoms with Gasteiger partial charge in [-0.2, -0.15) is 12.6 Å². The summed E-state index contributed by atoms with van der Waals surface area (Å²) < 4.78 is 16.1. The predicted molar refractivity (Wildman–Crippen MR) is 77.8 cm³/mol. The average Bonchev–Trinajstić information content (AvgIpc) is 2.38. The van der Waals surface area contributed by atoms with Crippen molar-refractivity contribution in [2.75, 3.05) is 27.1 Å². The Balaban J connectivity index is 3.43. The molecule has 0 saturated carbocycles. The van der Waals surface area contributed by atoms with E-state index in [2.05, 4.69) is 12.6 Å². The van der Waals surface area contributed by atoms with E-state index in [0.717, 1.165) is 18.2 Å². The number of rotatable bonds is 12. The second-order valence-electron chi connectivity index (χ2n) is 4.24. The first-order valence-electron chi connectivity index (χ1n) is 6.51. The van der Waals surface area contributed by atoms with E-state index in [9.17, 15) is 0 Å². The molecule has 0 aliphatic rings. The molecule has 0 aliphatic heterocycles. The van der Waals surface area contributed by atoms with Gasteiger partial charge in [0.1, 0.15) is 0 Å². The van der Waals surface area contributed by atoms with Gasteiger partial charge < -0.3 is 13.3 Å². The molecule has 0 amide bonds. The molecule has 0 aromatic carbocycles. The maximum absolute atomic E-state index is 5.38. The molecule has 5 heteroatoms. The van der Waals surface area contributed by atoms with Crippen LogP contribution >= 0.6 is 12.6 Å². The van der Waals surface area contributed by atoms with Gasteiger partial charge in [0.15, 0.2) is 0 Å². The second kappa shape index (κ2) is 11.5. The van der Waals surface area contributed by atoms with Crippen molar-refractivity contribution in [3.63, 3.8) is 0 Å². The van der Waals surface area contributed by atoms with Crippen molar-refractivity contribution < 1.29 is 13.3 Å². The van der Waals surface area contributed by atoms with Gasteiger partial charge in [-0.3, -0.25) is 0 Å². The molecule has 0 unspecified atom stereocenters. The van der Waals surface area contributed by atoms with Crippen LogP contribution in [0.25, 0.3) is 0 Å². The lowest BCUT2D eigenvalue weighted by atomic mass is 10.1. The van der Waals surface area contributed by atoms with Gasteiger partial charge in [0, 0.05) is 27.4 Å². The van der Waals surface area contributed by atoms with Crippen LogP contribution in [0.1, 0.15) is 44.9 Å². The molecule has 0 rings (SSSR count). The first kappa shape index (κ1) is 17.4. The minimum absolute atomic E-state index is 0.924. The molecule has 17 heavy (non-hydrogen) atoms. The smallest absolute Gasteiger partial charge is 0.377 e. The van der Waals surface area contributed by atoms with Crippen LogP contribution in [0, 0.1) is 0 Å². The molecule has 0 fully saturated rings. The maximum atomic E-state index is 5.38. The molecular weight excluding hydrogens is 252 g/mol. The fourth-order valence-corrected chi connectivity index (χ4v) is 3.91. The van der Waals surface area contributed by atoms with Gasteiger partial charge in [-0.15, -0.1) is 0 Å². The summed E-state index contributed by atoms with van der Waals surface area (Å²) in [6.07, 6.45) is 8.90. The lowest BCUT2D eigenvalue weighted by Crippen LogP contribution is -2.42. The van der Waals surface area contributed by atoms with Crippen LogP contribution in [0.15, 0.2) is 0 Å². The quantitative estimate of drug-likeness (QED) is 0.337. The Morgan fingerprint density at radius 2 is 1.12 bits per heavy atom. The SMILES string of the molecule is CO[Si](CCCCCCCCCS)(OC)OC.